The van der Waals surface area contributed by atoms with E-state index in [-0.39, 0.29) is 0 Å². The molecular weight excluding hydrogens is 389 g/mol. The molecular formula is C23H21F3N4. The molecule has 0 saturated heterocycles. The highest BCUT2D eigenvalue weighted by atomic mass is 19.4. The van der Waals surface area contributed by atoms with Crippen LogP contribution in [0.25, 0.3) is 27.8 Å². The van der Waals surface area contributed by atoms with E-state index in [1.807, 2.05) is 36.5 Å². The second kappa shape index (κ2) is 7.82. The van der Waals surface area contributed by atoms with Crippen LogP contribution in [0, 0.1) is 5.92 Å². The summed E-state index contributed by atoms with van der Waals surface area (Å²) in [6.45, 7) is 4.91. The van der Waals surface area contributed by atoms with Gasteiger partial charge in [0.05, 0.1) is 10.9 Å². The molecule has 7 heteroatoms. The van der Waals surface area contributed by atoms with Crippen LogP contribution in [-0.4, -0.2) is 21.1 Å². The number of alkyl halides is 3. The minimum absolute atomic E-state index is 0.394. The minimum atomic E-state index is -4.42. The van der Waals surface area contributed by atoms with Gasteiger partial charge in [-0.3, -0.25) is 0 Å². The molecule has 1 N–H and O–H groups in total. The lowest BCUT2D eigenvalue weighted by atomic mass is 10.1. The van der Waals surface area contributed by atoms with Crippen LogP contribution in [0.5, 0.6) is 0 Å². The zero-order valence-corrected chi connectivity index (χ0v) is 16.6. The Hall–Kier alpha value is -3.35. The number of anilines is 1. The fourth-order valence-electron chi connectivity index (χ4n) is 3.36. The quantitative estimate of drug-likeness (QED) is 0.428. The van der Waals surface area contributed by atoms with Gasteiger partial charge >= 0.3 is 6.18 Å². The molecule has 0 radical (unpaired) electrons. The Balaban J connectivity index is 1.95. The van der Waals surface area contributed by atoms with Gasteiger partial charge in [0.25, 0.3) is 0 Å². The monoisotopic (exact) mass is 410 g/mol. The molecule has 4 nitrogen and oxygen atoms in total. The topological polar surface area (TPSA) is 42.7 Å². The molecule has 30 heavy (non-hydrogen) atoms. The molecule has 0 unspecified atom stereocenters. The number of nitrogens with zero attached hydrogens (tertiary/aromatic N) is 3. The third-order valence-electron chi connectivity index (χ3n) is 4.80. The average molecular weight is 410 g/mol. The number of hydrogen-bond acceptors (Lipinski definition) is 3. The lowest BCUT2D eigenvalue weighted by molar-refractivity contribution is -0.137. The first-order chi connectivity index (χ1) is 14.3. The Bertz CT molecular complexity index is 1160. The Morgan fingerprint density at radius 1 is 1.00 bits per heavy atom. The van der Waals surface area contributed by atoms with E-state index in [0.29, 0.717) is 23.1 Å². The largest absolute Gasteiger partial charge is 0.416 e. The Labute approximate surface area is 172 Å². The van der Waals surface area contributed by atoms with Crippen molar-refractivity contribution >= 4 is 16.9 Å². The number of nitrogens with one attached hydrogen (secondary N) is 1. The third kappa shape index (κ3) is 3.87. The molecule has 0 aliphatic carbocycles. The summed E-state index contributed by atoms with van der Waals surface area (Å²) in [6.07, 6.45) is -1.16. The van der Waals surface area contributed by atoms with E-state index >= 15 is 0 Å². The number of halogens is 3. The number of hydrogen-bond donors (Lipinski definition) is 1. The van der Waals surface area contributed by atoms with Crippen molar-refractivity contribution in [3.05, 3.63) is 72.7 Å². The van der Waals surface area contributed by atoms with Crippen LogP contribution in [0.1, 0.15) is 19.4 Å². The number of benzene rings is 2. The molecule has 0 aliphatic rings. The molecule has 0 aliphatic heterocycles. The molecule has 0 spiro atoms. The van der Waals surface area contributed by atoms with Crippen LogP contribution < -0.4 is 5.32 Å². The molecule has 0 atom stereocenters. The summed E-state index contributed by atoms with van der Waals surface area (Å²) in [4.78, 5) is 8.83. The van der Waals surface area contributed by atoms with E-state index in [0.717, 1.165) is 35.2 Å². The summed E-state index contributed by atoms with van der Waals surface area (Å²) in [6, 6.07) is 15.0. The van der Waals surface area contributed by atoms with Crippen molar-refractivity contribution in [2.75, 3.05) is 11.9 Å². The Kier molecular flexibility index (Phi) is 5.20. The molecule has 0 fully saturated rings. The summed E-state index contributed by atoms with van der Waals surface area (Å²) in [7, 11) is 0. The SMILES string of the molecule is CC(C)CNc1ncnc2c1c(-c1ccccc1)cn2-c1cccc(C(F)(F)F)c1. The van der Waals surface area contributed by atoms with E-state index in [4.69, 9.17) is 0 Å². The van der Waals surface area contributed by atoms with Gasteiger partial charge in [-0.1, -0.05) is 50.2 Å². The van der Waals surface area contributed by atoms with Crippen molar-refractivity contribution in [1.29, 1.82) is 0 Å². The van der Waals surface area contributed by atoms with E-state index < -0.39 is 11.7 Å². The van der Waals surface area contributed by atoms with Crippen molar-refractivity contribution < 1.29 is 13.2 Å². The van der Waals surface area contributed by atoms with E-state index in [1.165, 1.54) is 12.4 Å². The maximum Gasteiger partial charge on any atom is 0.416 e. The normalized spacial score (nSPS) is 11.9. The zero-order chi connectivity index (χ0) is 21.3. The summed E-state index contributed by atoms with van der Waals surface area (Å²) in [5.41, 5.74) is 2.04. The smallest absolute Gasteiger partial charge is 0.369 e. The van der Waals surface area contributed by atoms with Gasteiger partial charge in [-0.2, -0.15) is 13.2 Å². The summed E-state index contributed by atoms with van der Waals surface area (Å²) in [5, 5.41) is 4.13. The first-order valence-electron chi connectivity index (χ1n) is 9.67. The summed E-state index contributed by atoms with van der Waals surface area (Å²) >= 11 is 0. The maximum atomic E-state index is 13.3. The second-order valence-corrected chi connectivity index (χ2v) is 7.52. The van der Waals surface area contributed by atoms with E-state index in [2.05, 4.69) is 29.1 Å². The fourth-order valence-corrected chi connectivity index (χ4v) is 3.36. The van der Waals surface area contributed by atoms with Crippen molar-refractivity contribution in [3.63, 3.8) is 0 Å². The average Bonchev–Trinajstić information content (AvgIpc) is 3.13. The lowest BCUT2D eigenvalue weighted by Crippen LogP contribution is -2.10. The number of rotatable bonds is 5. The zero-order valence-electron chi connectivity index (χ0n) is 16.6. The lowest BCUT2D eigenvalue weighted by Gasteiger charge is -2.11. The van der Waals surface area contributed by atoms with Gasteiger partial charge in [0.2, 0.25) is 0 Å². The molecule has 154 valence electrons. The van der Waals surface area contributed by atoms with Crippen molar-refractivity contribution in [3.8, 4) is 16.8 Å². The van der Waals surface area contributed by atoms with Gasteiger partial charge in [-0.25, -0.2) is 9.97 Å². The predicted octanol–water partition coefficient (Wildman–Crippen LogP) is 6.17. The van der Waals surface area contributed by atoms with Crippen LogP contribution in [0.4, 0.5) is 19.0 Å². The molecule has 2 aromatic carbocycles. The summed E-state index contributed by atoms with van der Waals surface area (Å²) in [5.74, 6) is 1.07. The molecule has 2 aromatic heterocycles. The highest BCUT2D eigenvalue weighted by molar-refractivity contribution is 6.02. The second-order valence-electron chi connectivity index (χ2n) is 7.52. The Morgan fingerprint density at radius 3 is 2.47 bits per heavy atom. The first kappa shape index (κ1) is 19.9. The highest BCUT2D eigenvalue weighted by Gasteiger charge is 2.30. The van der Waals surface area contributed by atoms with Gasteiger partial charge in [0.15, 0.2) is 5.65 Å². The van der Waals surface area contributed by atoms with Gasteiger partial charge < -0.3 is 9.88 Å². The standard InChI is InChI=1S/C23H21F3N4/c1-15(2)12-27-21-20-19(16-7-4-3-5-8-16)13-30(22(20)29-14-28-21)18-10-6-9-17(11-18)23(24,25)26/h3-11,13-15H,12H2,1-2H3,(H,27,28,29). The molecule has 0 saturated carbocycles. The molecule has 2 heterocycles. The van der Waals surface area contributed by atoms with Crippen LogP contribution in [0.3, 0.4) is 0 Å². The fraction of sp³-hybridized carbons (Fsp3) is 0.217. The van der Waals surface area contributed by atoms with Gasteiger partial charge in [0, 0.05) is 24.0 Å². The Morgan fingerprint density at radius 2 is 1.77 bits per heavy atom. The van der Waals surface area contributed by atoms with Crippen LogP contribution in [0.15, 0.2) is 67.1 Å². The molecule has 0 amide bonds. The third-order valence-corrected chi connectivity index (χ3v) is 4.80. The maximum absolute atomic E-state index is 13.3. The van der Waals surface area contributed by atoms with Crippen molar-refractivity contribution in [1.82, 2.24) is 14.5 Å². The van der Waals surface area contributed by atoms with Crippen LogP contribution >= 0.6 is 0 Å². The van der Waals surface area contributed by atoms with Crippen molar-refractivity contribution in [2.45, 2.75) is 20.0 Å². The van der Waals surface area contributed by atoms with E-state index in [1.54, 1.807) is 10.6 Å². The van der Waals surface area contributed by atoms with Crippen LogP contribution in [0.2, 0.25) is 0 Å². The van der Waals surface area contributed by atoms with Crippen LogP contribution in [-0.2, 0) is 6.18 Å². The van der Waals surface area contributed by atoms with Crippen molar-refractivity contribution in [2.24, 2.45) is 5.92 Å². The number of fused-ring (bicyclic) bond motifs is 1. The number of aromatic nitrogens is 3. The summed E-state index contributed by atoms with van der Waals surface area (Å²) < 4.78 is 41.5. The molecule has 4 rings (SSSR count). The molecule has 0 bridgehead atoms. The molecule has 4 aromatic rings. The van der Waals surface area contributed by atoms with Gasteiger partial charge in [0.1, 0.15) is 12.1 Å². The highest BCUT2D eigenvalue weighted by Crippen LogP contribution is 2.36. The van der Waals surface area contributed by atoms with Gasteiger partial charge in [-0.05, 0) is 29.7 Å². The first-order valence-corrected chi connectivity index (χ1v) is 9.67. The van der Waals surface area contributed by atoms with E-state index in [9.17, 15) is 13.2 Å². The minimum Gasteiger partial charge on any atom is -0.369 e. The van der Waals surface area contributed by atoms with Gasteiger partial charge in [-0.15, -0.1) is 0 Å². The predicted molar refractivity (Wildman–Crippen MR) is 113 cm³/mol.